The van der Waals surface area contributed by atoms with Crippen LogP contribution < -0.4 is 0 Å². The third-order valence-corrected chi connectivity index (χ3v) is 4.86. The molecule has 0 spiro atoms. The highest BCUT2D eigenvalue weighted by molar-refractivity contribution is 7.09. The predicted octanol–water partition coefficient (Wildman–Crippen LogP) is 2.40. The van der Waals surface area contributed by atoms with Gasteiger partial charge in [-0.05, 0) is 19.8 Å². The highest BCUT2D eigenvalue weighted by atomic mass is 32.1. The summed E-state index contributed by atoms with van der Waals surface area (Å²) in [6.07, 6.45) is 0.400. The van der Waals surface area contributed by atoms with Gasteiger partial charge in [-0.2, -0.15) is 0 Å². The number of ether oxygens (including phenoxy) is 1. The number of rotatable bonds is 6. The van der Waals surface area contributed by atoms with Gasteiger partial charge in [0.1, 0.15) is 17.3 Å². The molecule has 0 aromatic carbocycles. The number of carbonyl (C=O) groups is 2. The normalized spacial score (nSPS) is 16.0. The Morgan fingerprint density at radius 2 is 1.88 bits per heavy atom. The number of aromatic nitrogens is 1. The van der Waals surface area contributed by atoms with E-state index in [0.717, 1.165) is 26.2 Å². The molecule has 7 heteroatoms. The lowest BCUT2D eigenvalue weighted by Crippen LogP contribution is -2.50. The van der Waals surface area contributed by atoms with Crippen LogP contribution in [0.5, 0.6) is 0 Å². The van der Waals surface area contributed by atoms with Crippen LogP contribution in [0.15, 0.2) is 5.38 Å². The first-order valence-electron chi connectivity index (χ1n) is 8.50. The first kappa shape index (κ1) is 18.9. The van der Waals surface area contributed by atoms with Crippen molar-refractivity contribution >= 4 is 23.2 Å². The number of esters is 1. The second kappa shape index (κ2) is 8.58. The number of carbonyl (C=O) groups excluding carboxylic acids is 2. The van der Waals surface area contributed by atoms with E-state index in [1.165, 1.54) is 11.3 Å². The van der Waals surface area contributed by atoms with E-state index in [9.17, 15) is 9.59 Å². The van der Waals surface area contributed by atoms with Crippen LogP contribution in [0.3, 0.4) is 0 Å². The number of thiazole rings is 1. The van der Waals surface area contributed by atoms with E-state index in [-0.39, 0.29) is 24.4 Å². The summed E-state index contributed by atoms with van der Waals surface area (Å²) >= 11 is 1.36. The smallest absolute Gasteiger partial charge is 0.306 e. The maximum atomic E-state index is 12.5. The SMILES string of the molecule is CC(C)CC(=O)OCc1nc(C(=O)N2CCN(C(C)C)CC2)cs1. The van der Waals surface area contributed by atoms with Crippen molar-refractivity contribution in [3.63, 3.8) is 0 Å². The van der Waals surface area contributed by atoms with Gasteiger partial charge in [0.05, 0.1) is 0 Å². The van der Waals surface area contributed by atoms with Gasteiger partial charge >= 0.3 is 5.97 Å². The molecule has 1 fully saturated rings. The molecule has 0 bridgehead atoms. The predicted molar refractivity (Wildman–Crippen MR) is 94.0 cm³/mol. The first-order chi connectivity index (χ1) is 11.4. The zero-order valence-corrected chi connectivity index (χ0v) is 15.8. The molecule has 6 nitrogen and oxygen atoms in total. The van der Waals surface area contributed by atoms with Crippen molar-refractivity contribution in [3.8, 4) is 0 Å². The number of hydrogen-bond donors (Lipinski definition) is 0. The highest BCUT2D eigenvalue weighted by Gasteiger charge is 2.24. The summed E-state index contributed by atoms with van der Waals surface area (Å²) in [6, 6.07) is 0.508. The summed E-state index contributed by atoms with van der Waals surface area (Å²) in [5.74, 6) is 0.0164. The molecule has 1 saturated heterocycles. The molecule has 2 rings (SSSR count). The van der Waals surface area contributed by atoms with E-state index < -0.39 is 0 Å². The van der Waals surface area contributed by atoms with Gasteiger partial charge in [-0.15, -0.1) is 11.3 Å². The zero-order chi connectivity index (χ0) is 17.7. The summed E-state index contributed by atoms with van der Waals surface area (Å²) in [4.78, 5) is 32.6. The highest BCUT2D eigenvalue weighted by Crippen LogP contribution is 2.15. The maximum Gasteiger partial charge on any atom is 0.306 e. The first-order valence-corrected chi connectivity index (χ1v) is 9.38. The lowest BCUT2D eigenvalue weighted by Gasteiger charge is -2.36. The minimum absolute atomic E-state index is 0.0330. The molecular formula is C17H27N3O3S. The van der Waals surface area contributed by atoms with Crippen LogP contribution in [0.2, 0.25) is 0 Å². The van der Waals surface area contributed by atoms with Crippen molar-refractivity contribution in [3.05, 3.63) is 16.1 Å². The largest absolute Gasteiger partial charge is 0.458 e. The molecule has 1 aromatic rings. The standard InChI is InChI=1S/C17H27N3O3S/c1-12(2)9-16(21)23-10-15-18-14(11-24-15)17(22)20-7-5-19(6-8-20)13(3)4/h11-13H,5-10H2,1-4H3. The van der Waals surface area contributed by atoms with Crippen LogP contribution in [0.25, 0.3) is 0 Å². The van der Waals surface area contributed by atoms with Gasteiger partial charge in [0.15, 0.2) is 0 Å². The third kappa shape index (κ3) is 5.27. The van der Waals surface area contributed by atoms with E-state index in [2.05, 4.69) is 23.7 Å². The summed E-state index contributed by atoms with van der Waals surface area (Å²) in [6.45, 7) is 11.7. The van der Waals surface area contributed by atoms with Gasteiger partial charge in [0, 0.05) is 44.0 Å². The van der Waals surface area contributed by atoms with Gasteiger partial charge in [-0.25, -0.2) is 4.98 Å². The molecule has 0 unspecified atom stereocenters. The summed E-state index contributed by atoms with van der Waals surface area (Å²) < 4.78 is 5.20. The average Bonchev–Trinajstić information content (AvgIpc) is 3.00. The van der Waals surface area contributed by atoms with E-state index in [1.54, 1.807) is 5.38 Å². The molecule has 1 aliphatic heterocycles. The Kier molecular flexibility index (Phi) is 6.74. The molecule has 2 heterocycles. The number of piperazine rings is 1. The molecule has 1 amide bonds. The van der Waals surface area contributed by atoms with Gasteiger partial charge < -0.3 is 9.64 Å². The van der Waals surface area contributed by atoms with Gasteiger partial charge in [0.25, 0.3) is 5.91 Å². The average molecular weight is 353 g/mol. The Labute approximate surface area is 147 Å². The van der Waals surface area contributed by atoms with Gasteiger partial charge in [-0.1, -0.05) is 13.8 Å². The molecule has 0 saturated carbocycles. The van der Waals surface area contributed by atoms with E-state index in [1.807, 2.05) is 18.7 Å². The molecule has 0 aliphatic carbocycles. The van der Waals surface area contributed by atoms with Gasteiger partial charge in [-0.3, -0.25) is 14.5 Å². The Morgan fingerprint density at radius 3 is 2.46 bits per heavy atom. The van der Waals surface area contributed by atoms with Crippen molar-refractivity contribution in [2.24, 2.45) is 5.92 Å². The van der Waals surface area contributed by atoms with Gasteiger partial charge in [0.2, 0.25) is 0 Å². The van der Waals surface area contributed by atoms with Crippen molar-refractivity contribution in [2.45, 2.75) is 46.8 Å². The van der Waals surface area contributed by atoms with Crippen LogP contribution in [0.1, 0.15) is 49.6 Å². The molecule has 134 valence electrons. The number of nitrogens with zero attached hydrogens (tertiary/aromatic N) is 3. The molecular weight excluding hydrogens is 326 g/mol. The van der Waals surface area contributed by atoms with Crippen molar-refractivity contribution in [1.29, 1.82) is 0 Å². The third-order valence-electron chi connectivity index (χ3n) is 4.03. The van der Waals surface area contributed by atoms with Crippen LogP contribution in [0.4, 0.5) is 0 Å². The van der Waals surface area contributed by atoms with Crippen molar-refractivity contribution < 1.29 is 14.3 Å². The lowest BCUT2D eigenvalue weighted by atomic mass is 10.1. The fourth-order valence-electron chi connectivity index (χ4n) is 2.61. The van der Waals surface area contributed by atoms with Crippen LogP contribution in [0, 0.1) is 5.92 Å². The van der Waals surface area contributed by atoms with E-state index in [4.69, 9.17) is 4.74 Å². The minimum atomic E-state index is -0.224. The quantitative estimate of drug-likeness (QED) is 0.735. The van der Waals surface area contributed by atoms with Crippen LogP contribution in [-0.4, -0.2) is 58.9 Å². The second-order valence-electron chi connectivity index (χ2n) is 6.81. The number of hydrogen-bond acceptors (Lipinski definition) is 6. The summed E-state index contributed by atoms with van der Waals surface area (Å²) in [5.41, 5.74) is 0.452. The minimum Gasteiger partial charge on any atom is -0.458 e. The molecule has 1 aromatic heterocycles. The van der Waals surface area contributed by atoms with E-state index >= 15 is 0 Å². The van der Waals surface area contributed by atoms with Crippen molar-refractivity contribution in [1.82, 2.24) is 14.8 Å². The Balaban J connectivity index is 1.84. The molecule has 24 heavy (non-hydrogen) atoms. The number of amides is 1. The lowest BCUT2D eigenvalue weighted by molar-refractivity contribution is -0.145. The fraction of sp³-hybridized carbons (Fsp3) is 0.706. The van der Waals surface area contributed by atoms with E-state index in [0.29, 0.717) is 23.2 Å². The van der Waals surface area contributed by atoms with Crippen molar-refractivity contribution in [2.75, 3.05) is 26.2 Å². The molecule has 0 N–H and O–H groups in total. The summed E-state index contributed by atoms with van der Waals surface area (Å²) in [7, 11) is 0. The molecule has 0 radical (unpaired) electrons. The van der Waals surface area contributed by atoms with Crippen LogP contribution >= 0.6 is 11.3 Å². The Morgan fingerprint density at radius 1 is 1.21 bits per heavy atom. The molecule has 1 aliphatic rings. The monoisotopic (exact) mass is 353 g/mol. The Hall–Kier alpha value is -1.47. The Bertz CT molecular complexity index is 563. The van der Waals surface area contributed by atoms with Crippen LogP contribution in [-0.2, 0) is 16.1 Å². The zero-order valence-electron chi connectivity index (χ0n) is 14.9. The topological polar surface area (TPSA) is 62.7 Å². The summed E-state index contributed by atoms with van der Waals surface area (Å²) in [5, 5.41) is 2.42. The molecule has 0 atom stereocenters. The fourth-order valence-corrected chi connectivity index (χ4v) is 3.29. The second-order valence-corrected chi connectivity index (χ2v) is 7.75. The maximum absolute atomic E-state index is 12.5.